The molecule has 0 radical (unpaired) electrons. The molecule has 0 amide bonds. The zero-order valence-corrected chi connectivity index (χ0v) is 7.62. The number of esters is 1. The van der Waals surface area contributed by atoms with Crippen LogP contribution in [0.3, 0.4) is 0 Å². The van der Waals surface area contributed by atoms with Gasteiger partial charge in [-0.3, -0.25) is 9.59 Å². The Morgan fingerprint density at radius 3 is 2.86 bits per heavy atom. The van der Waals surface area contributed by atoms with Gasteiger partial charge in [-0.1, -0.05) is 12.1 Å². The molecule has 0 aliphatic carbocycles. The fourth-order valence-corrected chi connectivity index (χ4v) is 1.10. The van der Waals surface area contributed by atoms with Gasteiger partial charge in [0.1, 0.15) is 5.82 Å². The maximum atomic E-state index is 13.0. The lowest BCUT2D eigenvalue weighted by Crippen LogP contribution is -2.07. The number of carbonyl (C=O) groups excluding carboxylic acids is 2. The third-order valence-corrected chi connectivity index (χ3v) is 1.82. The Bertz CT molecular complexity index is 360. The molecule has 0 bridgehead atoms. The molecule has 74 valence electrons. The summed E-state index contributed by atoms with van der Waals surface area (Å²) in [7, 11) is 1.24. The van der Waals surface area contributed by atoms with Crippen LogP contribution in [-0.2, 0) is 16.0 Å². The first kappa shape index (κ1) is 10.4. The van der Waals surface area contributed by atoms with Crippen molar-refractivity contribution in [1.82, 2.24) is 0 Å². The fourth-order valence-electron chi connectivity index (χ4n) is 1.10. The molecule has 14 heavy (non-hydrogen) atoms. The summed E-state index contributed by atoms with van der Waals surface area (Å²) in [5.41, 5.74) is 0.254. The fraction of sp³-hybridized carbons (Fsp3) is 0.200. The van der Waals surface area contributed by atoms with E-state index in [0.717, 1.165) is 0 Å². The number of rotatable bonds is 3. The molecule has 0 unspecified atom stereocenters. The van der Waals surface area contributed by atoms with E-state index in [2.05, 4.69) is 4.74 Å². The van der Waals surface area contributed by atoms with Crippen molar-refractivity contribution in [2.24, 2.45) is 0 Å². The van der Waals surface area contributed by atoms with Gasteiger partial charge in [-0.25, -0.2) is 4.39 Å². The van der Waals surface area contributed by atoms with Crippen molar-refractivity contribution in [3.05, 3.63) is 35.1 Å². The first-order chi connectivity index (χ1) is 6.69. The molecular weight excluding hydrogens is 187 g/mol. The van der Waals surface area contributed by atoms with E-state index >= 15 is 0 Å². The molecule has 3 nitrogen and oxygen atoms in total. The molecule has 0 aromatic heterocycles. The van der Waals surface area contributed by atoms with Crippen molar-refractivity contribution < 1.29 is 18.7 Å². The monoisotopic (exact) mass is 196 g/mol. The molecule has 0 atom stereocenters. The quantitative estimate of drug-likeness (QED) is 0.541. The molecule has 0 fully saturated rings. The minimum Gasteiger partial charge on any atom is -0.469 e. The number of hydrogen-bond acceptors (Lipinski definition) is 3. The van der Waals surface area contributed by atoms with Crippen LogP contribution < -0.4 is 0 Å². The lowest BCUT2D eigenvalue weighted by Gasteiger charge is -2.03. The summed E-state index contributed by atoms with van der Waals surface area (Å²) in [5, 5.41) is 0. The van der Waals surface area contributed by atoms with Crippen LogP contribution in [0.15, 0.2) is 18.2 Å². The van der Waals surface area contributed by atoms with Gasteiger partial charge in [0.25, 0.3) is 0 Å². The number of hydrogen-bond donors (Lipinski definition) is 0. The van der Waals surface area contributed by atoms with Crippen LogP contribution in [0.1, 0.15) is 15.9 Å². The van der Waals surface area contributed by atoms with E-state index in [0.29, 0.717) is 11.8 Å². The maximum Gasteiger partial charge on any atom is 0.310 e. The summed E-state index contributed by atoms with van der Waals surface area (Å²) >= 11 is 0. The van der Waals surface area contributed by atoms with Crippen molar-refractivity contribution in [3.8, 4) is 0 Å². The van der Waals surface area contributed by atoms with E-state index in [1.165, 1.54) is 25.3 Å². The van der Waals surface area contributed by atoms with Crippen molar-refractivity contribution in [2.75, 3.05) is 7.11 Å². The van der Waals surface area contributed by atoms with Gasteiger partial charge < -0.3 is 4.74 Å². The number of ether oxygens (including phenoxy) is 1. The van der Waals surface area contributed by atoms with Crippen LogP contribution in [0, 0.1) is 5.82 Å². The Balaban J connectivity index is 3.02. The minimum atomic E-state index is -0.624. The third kappa shape index (κ3) is 2.16. The number of carbonyl (C=O) groups is 2. The summed E-state index contributed by atoms with van der Waals surface area (Å²) in [5.74, 6) is -1.12. The van der Waals surface area contributed by atoms with Crippen LogP contribution in [0.4, 0.5) is 4.39 Å². The Morgan fingerprint density at radius 2 is 2.29 bits per heavy atom. The summed E-state index contributed by atoms with van der Waals surface area (Å²) in [4.78, 5) is 21.4. The Hall–Kier alpha value is -1.71. The molecule has 0 aliphatic heterocycles. The second kappa shape index (κ2) is 4.50. The predicted molar refractivity (Wildman–Crippen MR) is 47.5 cm³/mol. The highest BCUT2D eigenvalue weighted by atomic mass is 19.1. The molecule has 0 aliphatic rings. The van der Waals surface area contributed by atoms with Gasteiger partial charge in [-0.2, -0.15) is 0 Å². The largest absolute Gasteiger partial charge is 0.469 e. The van der Waals surface area contributed by atoms with Gasteiger partial charge in [0.05, 0.1) is 19.1 Å². The molecule has 0 heterocycles. The Labute approximate surface area is 80.5 Å². The van der Waals surface area contributed by atoms with Gasteiger partial charge in [-0.05, 0) is 11.6 Å². The van der Waals surface area contributed by atoms with Gasteiger partial charge in [0.15, 0.2) is 6.29 Å². The summed E-state index contributed by atoms with van der Waals surface area (Å²) in [6, 6.07) is 4.13. The third-order valence-electron chi connectivity index (χ3n) is 1.82. The van der Waals surface area contributed by atoms with E-state index in [1.54, 1.807) is 0 Å². The summed E-state index contributed by atoms with van der Waals surface area (Å²) < 4.78 is 17.4. The van der Waals surface area contributed by atoms with Crippen LogP contribution >= 0.6 is 0 Å². The van der Waals surface area contributed by atoms with Gasteiger partial charge >= 0.3 is 5.97 Å². The van der Waals surface area contributed by atoms with Gasteiger partial charge in [-0.15, -0.1) is 0 Å². The SMILES string of the molecule is COC(=O)Cc1cccc(F)c1C=O. The zero-order chi connectivity index (χ0) is 10.6. The van der Waals surface area contributed by atoms with Crippen molar-refractivity contribution >= 4 is 12.3 Å². The number of halogens is 1. The maximum absolute atomic E-state index is 13.0. The van der Waals surface area contributed by atoms with E-state index in [1.807, 2.05) is 0 Å². The van der Waals surface area contributed by atoms with Gasteiger partial charge in [0, 0.05) is 0 Å². The lowest BCUT2D eigenvalue weighted by molar-refractivity contribution is -0.139. The minimum absolute atomic E-state index is 0.0853. The average molecular weight is 196 g/mol. The molecule has 4 heteroatoms. The molecule has 1 aromatic carbocycles. The molecule has 1 aromatic rings. The predicted octanol–water partition coefficient (Wildman–Crippen LogP) is 1.35. The van der Waals surface area contributed by atoms with E-state index in [4.69, 9.17) is 0 Å². The highest BCUT2D eigenvalue weighted by molar-refractivity contribution is 5.82. The summed E-state index contributed by atoms with van der Waals surface area (Å²) in [6.45, 7) is 0. The van der Waals surface area contributed by atoms with Crippen molar-refractivity contribution in [3.63, 3.8) is 0 Å². The van der Waals surface area contributed by atoms with Crippen LogP contribution in [0.2, 0.25) is 0 Å². The summed E-state index contributed by atoms with van der Waals surface area (Å²) in [6.07, 6.45) is 0.302. The molecule has 0 saturated heterocycles. The Morgan fingerprint density at radius 1 is 1.57 bits per heavy atom. The Kier molecular flexibility index (Phi) is 3.34. The second-order valence-electron chi connectivity index (χ2n) is 2.68. The molecular formula is C10H9FO3. The first-order valence-corrected chi connectivity index (χ1v) is 3.98. The van der Waals surface area contributed by atoms with E-state index < -0.39 is 11.8 Å². The number of benzene rings is 1. The number of aldehydes is 1. The lowest BCUT2D eigenvalue weighted by atomic mass is 10.1. The van der Waals surface area contributed by atoms with Crippen molar-refractivity contribution in [1.29, 1.82) is 0 Å². The van der Waals surface area contributed by atoms with Crippen LogP contribution in [0.25, 0.3) is 0 Å². The zero-order valence-electron chi connectivity index (χ0n) is 7.62. The van der Waals surface area contributed by atoms with Crippen molar-refractivity contribution in [2.45, 2.75) is 6.42 Å². The average Bonchev–Trinajstić information content (AvgIpc) is 2.18. The standard InChI is InChI=1S/C10H9FO3/c1-14-10(13)5-7-3-2-4-9(11)8(7)6-12/h2-4,6H,5H2,1H3. The molecule has 0 spiro atoms. The molecule has 1 rings (SSSR count). The molecule has 0 N–H and O–H groups in total. The normalized spacial score (nSPS) is 9.57. The van der Waals surface area contributed by atoms with Gasteiger partial charge in [0.2, 0.25) is 0 Å². The van der Waals surface area contributed by atoms with E-state index in [9.17, 15) is 14.0 Å². The number of methoxy groups -OCH3 is 1. The molecule has 0 saturated carbocycles. The smallest absolute Gasteiger partial charge is 0.310 e. The highest BCUT2D eigenvalue weighted by Gasteiger charge is 2.10. The van der Waals surface area contributed by atoms with Crippen LogP contribution in [-0.4, -0.2) is 19.4 Å². The second-order valence-corrected chi connectivity index (χ2v) is 2.68. The first-order valence-electron chi connectivity index (χ1n) is 3.98. The van der Waals surface area contributed by atoms with Crippen LogP contribution in [0.5, 0.6) is 0 Å². The highest BCUT2D eigenvalue weighted by Crippen LogP contribution is 2.12. The topological polar surface area (TPSA) is 43.4 Å². The van der Waals surface area contributed by atoms with E-state index in [-0.39, 0.29) is 12.0 Å².